The van der Waals surface area contributed by atoms with Gasteiger partial charge < -0.3 is 4.90 Å². The van der Waals surface area contributed by atoms with Crippen LogP contribution in [0.5, 0.6) is 0 Å². The van der Waals surface area contributed by atoms with Crippen LogP contribution in [0.3, 0.4) is 0 Å². The van der Waals surface area contributed by atoms with E-state index >= 15 is 0 Å². The molecule has 1 fully saturated rings. The van der Waals surface area contributed by atoms with Crippen molar-refractivity contribution in [2.24, 2.45) is 11.8 Å². The van der Waals surface area contributed by atoms with Crippen molar-refractivity contribution in [3.63, 3.8) is 0 Å². The third-order valence-corrected chi connectivity index (χ3v) is 3.58. The van der Waals surface area contributed by atoms with E-state index in [1.807, 2.05) is 18.9 Å². The molecule has 0 spiro atoms. The number of likely N-dealkylation sites (N-methyl/N-ethyl adjacent to an activating group) is 1. The third kappa shape index (κ3) is 0.598. The van der Waals surface area contributed by atoms with E-state index in [0.717, 1.165) is 0 Å². The quantitative estimate of drug-likeness (QED) is 0.497. The van der Waals surface area contributed by atoms with Crippen LogP contribution in [-0.2, 0) is 4.79 Å². The summed E-state index contributed by atoms with van der Waals surface area (Å²) >= 11 is 0. The number of rotatable bonds is 0. The van der Waals surface area contributed by atoms with Crippen molar-refractivity contribution in [1.29, 1.82) is 0 Å². The second kappa shape index (κ2) is 1.93. The fraction of sp³-hybridized carbons (Fsp3) is 0.700. The van der Waals surface area contributed by atoms with Crippen LogP contribution in [0.2, 0.25) is 0 Å². The summed E-state index contributed by atoms with van der Waals surface area (Å²) in [5.41, 5.74) is 1.41. The second-order valence-electron chi connectivity index (χ2n) is 4.28. The predicted molar refractivity (Wildman–Crippen MR) is 47.6 cm³/mol. The summed E-state index contributed by atoms with van der Waals surface area (Å²) in [5, 5.41) is 0. The van der Waals surface area contributed by atoms with Gasteiger partial charge in [-0.05, 0) is 13.8 Å². The van der Waals surface area contributed by atoms with E-state index in [4.69, 9.17) is 0 Å². The van der Waals surface area contributed by atoms with Gasteiger partial charge in [0.1, 0.15) is 0 Å². The summed E-state index contributed by atoms with van der Waals surface area (Å²) in [4.78, 5) is 13.5. The van der Waals surface area contributed by atoms with Crippen molar-refractivity contribution in [3.05, 3.63) is 11.6 Å². The summed E-state index contributed by atoms with van der Waals surface area (Å²) in [6.07, 6.45) is 2.21. The van der Waals surface area contributed by atoms with E-state index in [0.29, 0.717) is 5.92 Å². The molecule has 3 atom stereocenters. The molecule has 0 aromatic rings. The molecule has 2 aliphatic rings. The molecule has 0 radical (unpaired) electrons. The number of carbonyl (C=O) groups is 1. The molecule has 1 aliphatic heterocycles. The lowest BCUT2D eigenvalue weighted by molar-refractivity contribution is -0.131. The van der Waals surface area contributed by atoms with Gasteiger partial charge >= 0.3 is 0 Å². The molecule has 2 rings (SSSR count). The molecule has 1 saturated heterocycles. The highest BCUT2D eigenvalue weighted by molar-refractivity contribution is 5.85. The van der Waals surface area contributed by atoms with E-state index in [1.165, 1.54) is 5.57 Å². The Bertz CT molecular complexity index is 282. The average Bonchev–Trinajstić information content (AvgIpc) is 2.10. The Morgan fingerprint density at radius 2 is 2.17 bits per heavy atom. The highest BCUT2D eigenvalue weighted by Gasteiger charge is 2.56. The Morgan fingerprint density at radius 3 is 2.50 bits per heavy atom. The Kier molecular flexibility index (Phi) is 1.26. The van der Waals surface area contributed by atoms with E-state index in [-0.39, 0.29) is 17.4 Å². The van der Waals surface area contributed by atoms with Gasteiger partial charge in [0.15, 0.2) is 0 Å². The van der Waals surface area contributed by atoms with Gasteiger partial charge in [0.25, 0.3) is 0 Å². The Hall–Kier alpha value is -0.790. The molecule has 3 unspecified atom stereocenters. The maximum Gasteiger partial charge on any atom is 0.226 e. The third-order valence-electron chi connectivity index (χ3n) is 3.58. The maximum atomic E-state index is 11.6. The molecular weight excluding hydrogens is 150 g/mol. The summed E-state index contributed by atoms with van der Waals surface area (Å²) in [5.74, 6) is 0.940. The first-order chi connectivity index (χ1) is 5.48. The zero-order valence-electron chi connectivity index (χ0n) is 8.09. The molecule has 0 bridgehead atoms. The smallest absolute Gasteiger partial charge is 0.226 e. The maximum absolute atomic E-state index is 11.6. The normalized spacial score (nSPS) is 45.5. The average molecular weight is 165 g/mol. The predicted octanol–water partition coefficient (Wildman–Crippen LogP) is 1.43. The van der Waals surface area contributed by atoms with Gasteiger partial charge in [-0.25, -0.2) is 0 Å². The van der Waals surface area contributed by atoms with Crippen molar-refractivity contribution >= 4 is 5.91 Å². The van der Waals surface area contributed by atoms with E-state index in [2.05, 4.69) is 19.9 Å². The molecule has 0 N–H and O–H groups in total. The Balaban J connectivity index is 2.43. The first-order valence-corrected chi connectivity index (χ1v) is 4.45. The van der Waals surface area contributed by atoms with Crippen LogP contribution in [0.15, 0.2) is 11.6 Å². The molecule has 66 valence electrons. The van der Waals surface area contributed by atoms with Gasteiger partial charge in [-0.3, -0.25) is 4.79 Å². The summed E-state index contributed by atoms with van der Waals surface area (Å²) < 4.78 is 0. The van der Waals surface area contributed by atoms with Gasteiger partial charge in [0.05, 0.1) is 5.54 Å². The highest BCUT2D eigenvalue weighted by atomic mass is 16.2. The largest absolute Gasteiger partial charge is 0.336 e. The standard InChI is InChI=1S/C10H15NO/c1-6-5-10(3)8(6)7(2)9(12)11(10)4/h5,7-8H,1-4H3. The molecule has 1 heterocycles. The van der Waals surface area contributed by atoms with Crippen LogP contribution >= 0.6 is 0 Å². The molecule has 12 heavy (non-hydrogen) atoms. The molecule has 0 saturated carbocycles. The van der Waals surface area contributed by atoms with Crippen LogP contribution in [0.4, 0.5) is 0 Å². The topological polar surface area (TPSA) is 20.3 Å². The summed E-state index contributed by atoms with van der Waals surface area (Å²) in [7, 11) is 1.90. The van der Waals surface area contributed by atoms with E-state index < -0.39 is 0 Å². The van der Waals surface area contributed by atoms with E-state index in [9.17, 15) is 4.79 Å². The molecule has 2 nitrogen and oxygen atoms in total. The molecule has 1 aliphatic carbocycles. The molecule has 0 aromatic carbocycles. The monoisotopic (exact) mass is 165 g/mol. The van der Waals surface area contributed by atoms with Gasteiger partial charge in [0.2, 0.25) is 5.91 Å². The summed E-state index contributed by atoms with van der Waals surface area (Å²) in [6, 6.07) is 0. The number of amides is 1. The second-order valence-corrected chi connectivity index (χ2v) is 4.28. The number of carbonyl (C=O) groups excluding carboxylic acids is 1. The zero-order valence-corrected chi connectivity index (χ0v) is 8.09. The minimum absolute atomic E-state index is 0.0284. The number of nitrogens with zero attached hydrogens (tertiary/aromatic N) is 1. The van der Waals surface area contributed by atoms with E-state index in [1.54, 1.807) is 0 Å². The van der Waals surface area contributed by atoms with Crippen LogP contribution in [-0.4, -0.2) is 23.4 Å². The van der Waals surface area contributed by atoms with Crippen molar-refractivity contribution < 1.29 is 4.79 Å². The van der Waals surface area contributed by atoms with Gasteiger partial charge in [-0.15, -0.1) is 0 Å². The minimum atomic E-state index is 0.0284. The van der Waals surface area contributed by atoms with Gasteiger partial charge in [0, 0.05) is 18.9 Å². The van der Waals surface area contributed by atoms with Gasteiger partial charge in [-0.2, -0.15) is 0 Å². The fourth-order valence-electron chi connectivity index (χ4n) is 2.90. The van der Waals surface area contributed by atoms with Crippen molar-refractivity contribution in [3.8, 4) is 0 Å². The summed E-state index contributed by atoms with van der Waals surface area (Å²) in [6.45, 7) is 6.30. The fourth-order valence-corrected chi connectivity index (χ4v) is 2.90. The Labute approximate surface area is 73.2 Å². The van der Waals surface area contributed by atoms with Gasteiger partial charge in [-0.1, -0.05) is 18.6 Å². The van der Waals surface area contributed by atoms with Crippen molar-refractivity contribution in [1.82, 2.24) is 4.90 Å². The highest BCUT2D eigenvalue weighted by Crippen LogP contribution is 2.50. The van der Waals surface area contributed by atoms with Crippen LogP contribution in [0.1, 0.15) is 20.8 Å². The zero-order chi connectivity index (χ0) is 9.09. The van der Waals surface area contributed by atoms with Crippen LogP contribution in [0, 0.1) is 11.8 Å². The number of fused-ring (bicyclic) bond motifs is 1. The Morgan fingerprint density at radius 1 is 1.58 bits per heavy atom. The SMILES string of the molecule is CC1=CC2(C)C1C(C)C(=O)N2C. The first-order valence-electron chi connectivity index (χ1n) is 4.45. The first kappa shape index (κ1) is 7.84. The molecular formula is C10H15NO. The molecule has 1 amide bonds. The number of hydrogen-bond donors (Lipinski definition) is 0. The van der Waals surface area contributed by atoms with Crippen molar-refractivity contribution in [2.75, 3.05) is 7.05 Å². The lowest BCUT2D eigenvalue weighted by atomic mass is 9.67. The lowest BCUT2D eigenvalue weighted by Crippen LogP contribution is -2.48. The van der Waals surface area contributed by atoms with Crippen LogP contribution < -0.4 is 0 Å². The molecule has 2 heteroatoms. The lowest BCUT2D eigenvalue weighted by Gasteiger charge is -2.43. The molecule has 0 aromatic heterocycles. The van der Waals surface area contributed by atoms with Crippen LogP contribution in [0.25, 0.3) is 0 Å². The number of likely N-dealkylation sites (tertiary alicyclic amines) is 1. The number of hydrogen-bond acceptors (Lipinski definition) is 1. The minimum Gasteiger partial charge on any atom is -0.336 e. The van der Waals surface area contributed by atoms with Crippen molar-refractivity contribution in [2.45, 2.75) is 26.3 Å².